The first-order valence-corrected chi connectivity index (χ1v) is 6.33. The lowest BCUT2D eigenvalue weighted by Gasteiger charge is -2.08. The largest absolute Gasteiger partial charge is 0.461 e. The minimum absolute atomic E-state index is 0.0508. The van der Waals surface area contributed by atoms with Gasteiger partial charge in [-0.15, -0.1) is 0 Å². The SMILES string of the molecule is CCNC(=O)Cn1c(CC)nc(C(=O)OCC)c1N. The van der Waals surface area contributed by atoms with Crippen LogP contribution >= 0.6 is 0 Å². The summed E-state index contributed by atoms with van der Waals surface area (Å²) in [5, 5.41) is 2.68. The molecule has 106 valence electrons. The number of nitrogens with two attached hydrogens (primary N) is 1. The number of likely N-dealkylation sites (N-methyl/N-ethyl adjacent to an activating group) is 1. The molecule has 0 aliphatic heterocycles. The monoisotopic (exact) mass is 268 g/mol. The van der Waals surface area contributed by atoms with Crippen molar-refractivity contribution in [3.8, 4) is 0 Å². The Hall–Kier alpha value is -2.05. The summed E-state index contributed by atoms with van der Waals surface area (Å²) in [7, 11) is 0. The maximum Gasteiger partial charge on any atom is 0.360 e. The molecule has 1 amide bonds. The van der Waals surface area contributed by atoms with E-state index in [1.165, 1.54) is 4.57 Å². The van der Waals surface area contributed by atoms with Crippen molar-refractivity contribution in [2.75, 3.05) is 18.9 Å². The Kier molecular flexibility index (Phi) is 5.35. The number of ether oxygens (including phenoxy) is 1. The molecule has 3 N–H and O–H groups in total. The molecule has 7 heteroatoms. The minimum atomic E-state index is -0.565. The van der Waals surface area contributed by atoms with Gasteiger partial charge < -0.3 is 20.4 Å². The molecule has 0 aliphatic rings. The van der Waals surface area contributed by atoms with Crippen molar-refractivity contribution >= 4 is 17.7 Å². The van der Waals surface area contributed by atoms with Crippen LogP contribution in [-0.4, -0.2) is 34.6 Å². The number of hydrogen-bond acceptors (Lipinski definition) is 5. The molecular weight excluding hydrogens is 248 g/mol. The fraction of sp³-hybridized carbons (Fsp3) is 0.583. The van der Waals surface area contributed by atoms with E-state index >= 15 is 0 Å². The Bertz CT molecular complexity index is 468. The molecule has 7 nitrogen and oxygen atoms in total. The molecule has 0 saturated heterocycles. The van der Waals surface area contributed by atoms with Gasteiger partial charge in [0.25, 0.3) is 0 Å². The fourth-order valence-electron chi connectivity index (χ4n) is 1.71. The zero-order valence-corrected chi connectivity index (χ0v) is 11.5. The van der Waals surface area contributed by atoms with Crippen LogP contribution in [0.1, 0.15) is 37.1 Å². The zero-order valence-electron chi connectivity index (χ0n) is 11.5. The Morgan fingerprint density at radius 1 is 1.37 bits per heavy atom. The summed E-state index contributed by atoms with van der Waals surface area (Å²) in [6.07, 6.45) is 0.572. The number of nitrogens with one attached hydrogen (secondary N) is 1. The summed E-state index contributed by atoms with van der Waals surface area (Å²) < 4.78 is 6.42. The third-order valence-electron chi connectivity index (χ3n) is 2.55. The number of rotatable bonds is 6. The highest BCUT2D eigenvalue weighted by Gasteiger charge is 2.21. The van der Waals surface area contributed by atoms with Crippen molar-refractivity contribution in [3.63, 3.8) is 0 Å². The molecular formula is C12H20N4O3. The smallest absolute Gasteiger partial charge is 0.360 e. The zero-order chi connectivity index (χ0) is 14.4. The Morgan fingerprint density at radius 2 is 2.05 bits per heavy atom. The van der Waals surface area contributed by atoms with E-state index in [0.29, 0.717) is 18.8 Å². The molecule has 0 atom stereocenters. The number of imidazole rings is 1. The quantitative estimate of drug-likeness (QED) is 0.725. The third kappa shape index (κ3) is 3.46. The summed E-state index contributed by atoms with van der Waals surface area (Å²) in [6, 6.07) is 0. The number of amides is 1. The molecule has 0 fully saturated rings. The number of carbonyl (C=O) groups excluding carboxylic acids is 2. The molecule has 1 heterocycles. The van der Waals surface area contributed by atoms with Crippen LogP contribution in [0, 0.1) is 0 Å². The highest BCUT2D eigenvalue weighted by atomic mass is 16.5. The predicted octanol–water partition coefficient (Wildman–Crippen LogP) is 0.341. The standard InChI is InChI=1S/C12H20N4O3/c1-4-8-15-10(12(18)19-6-3)11(13)16(8)7-9(17)14-5-2/h4-7,13H2,1-3H3,(H,14,17). The summed E-state index contributed by atoms with van der Waals surface area (Å²) in [6.45, 7) is 6.27. The van der Waals surface area contributed by atoms with Crippen molar-refractivity contribution in [1.82, 2.24) is 14.9 Å². The first-order chi connectivity index (χ1) is 9.04. The highest BCUT2D eigenvalue weighted by Crippen LogP contribution is 2.16. The van der Waals surface area contributed by atoms with E-state index in [9.17, 15) is 9.59 Å². The van der Waals surface area contributed by atoms with E-state index in [1.54, 1.807) is 6.92 Å². The van der Waals surface area contributed by atoms with Crippen molar-refractivity contribution in [2.45, 2.75) is 33.7 Å². The molecule has 0 unspecified atom stereocenters. The molecule has 0 spiro atoms. The number of carbonyl (C=O) groups is 2. The van der Waals surface area contributed by atoms with E-state index in [-0.39, 0.29) is 30.6 Å². The van der Waals surface area contributed by atoms with E-state index in [4.69, 9.17) is 10.5 Å². The third-order valence-corrected chi connectivity index (χ3v) is 2.55. The molecule has 1 rings (SSSR count). The molecule has 19 heavy (non-hydrogen) atoms. The Morgan fingerprint density at radius 3 is 2.58 bits per heavy atom. The second-order valence-corrected chi connectivity index (χ2v) is 3.88. The van der Waals surface area contributed by atoms with Crippen molar-refractivity contribution in [2.24, 2.45) is 0 Å². The van der Waals surface area contributed by atoms with Gasteiger partial charge in [0.1, 0.15) is 18.2 Å². The molecule has 1 aromatic heterocycles. The van der Waals surface area contributed by atoms with Gasteiger partial charge in [-0.2, -0.15) is 0 Å². The van der Waals surface area contributed by atoms with Crippen molar-refractivity contribution < 1.29 is 14.3 Å². The molecule has 0 aromatic carbocycles. The maximum atomic E-state index is 11.7. The number of nitrogen functional groups attached to an aromatic ring is 1. The molecule has 0 bridgehead atoms. The number of aromatic nitrogens is 2. The summed E-state index contributed by atoms with van der Waals surface area (Å²) >= 11 is 0. The highest BCUT2D eigenvalue weighted by molar-refractivity contribution is 5.92. The lowest BCUT2D eigenvalue weighted by atomic mass is 10.4. The summed E-state index contributed by atoms with van der Waals surface area (Å²) in [5.41, 5.74) is 5.95. The van der Waals surface area contributed by atoms with Gasteiger partial charge in [0.05, 0.1) is 6.61 Å². The number of nitrogens with zero attached hydrogens (tertiary/aromatic N) is 2. The first kappa shape index (κ1) is 15.0. The van der Waals surface area contributed by atoms with Crippen LogP contribution in [0.4, 0.5) is 5.82 Å². The van der Waals surface area contributed by atoms with Gasteiger partial charge in [0.15, 0.2) is 5.69 Å². The van der Waals surface area contributed by atoms with Crippen molar-refractivity contribution in [3.05, 3.63) is 11.5 Å². The van der Waals surface area contributed by atoms with Gasteiger partial charge in [-0.05, 0) is 13.8 Å². The van der Waals surface area contributed by atoms with Gasteiger partial charge in [-0.1, -0.05) is 6.92 Å². The number of anilines is 1. The molecule has 1 aromatic rings. The van der Waals surface area contributed by atoms with Crippen LogP contribution in [0.2, 0.25) is 0 Å². The lowest BCUT2D eigenvalue weighted by Crippen LogP contribution is -2.28. The Balaban J connectivity index is 3.03. The summed E-state index contributed by atoms with van der Waals surface area (Å²) in [5.74, 6) is 0.0226. The van der Waals surface area contributed by atoms with E-state index < -0.39 is 5.97 Å². The van der Waals surface area contributed by atoms with Crippen LogP contribution in [0.15, 0.2) is 0 Å². The van der Waals surface area contributed by atoms with Gasteiger partial charge in [0.2, 0.25) is 5.91 Å². The second kappa shape index (κ2) is 6.77. The van der Waals surface area contributed by atoms with E-state index in [2.05, 4.69) is 10.3 Å². The van der Waals surface area contributed by atoms with Crippen molar-refractivity contribution in [1.29, 1.82) is 0 Å². The maximum absolute atomic E-state index is 11.7. The average Bonchev–Trinajstić information content (AvgIpc) is 2.67. The Labute approximate surface area is 112 Å². The number of aryl methyl sites for hydroxylation is 1. The second-order valence-electron chi connectivity index (χ2n) is 3.88. The van der Waals surface area contributed by atoms with Crippen LogP contribution in [-0.2, 0) is 22.5 Å². The van der Waals surface area contributed by atoms with Gasteiger partial charge >= 0.3 is 5.97 Å². The van der Waals surface area contributed by atoms with Crippen LogP contribution < -0.4 is 11.1 Å². The first-order valence-electron chi connectivity index (χ1n) is 6.33. The van der Waals surface area contributed by atoms with Gasteiger partial charge in [-0.25, -0.2) is 9.78 Å². The van der Waals surface area contributed by atoms with Crippen LogP contribution in [0.5, 0.6) is 0 Å². The van der Waals surface area contributed by atoms with Gasteiger partial charge in [-0.3, -0.25) is 4.79 Å². The van der Waals surface area contributed by atoms with E-state index in [0.717, 1.165) is 0 Å². The van der Waals surface area contributed by atoms with Crippen LogP contribution in [0.25, 0.3) is 0 Å². The predicted molar refractivity (Wildman–Crippen MR) is 70.7 cm³/mol. The molecule has 0 aliphatic carbocycles. The van der Waals surface area contributed by atoms with Crippen LogP contribution in [0.3, 0.4) is 0 Å². The molecule has 0 radical (unpaired) electrons. The lowest BCUT2D eigenvalue weighted by molar-refractivity contribution is -0.121. The van der Waals surface area contributed by atoms with Gasteiger partial charge in [0, 0.05) is 13.0 Å². The molecule has 0 saturated carbocycles. The topological polar surface area (TPSA) is 99.2 Å². The summed E-state index contributed by atoms with van der Waals surface area (Å²) in [4.78, 5) is 27.4. The normalized spacial score (nSPS) is 10.3. The average molecular weight is 268 g/mol. The fourth-order valence-corrected chi connectivity index (χ4v) is 1.71. The number of hydrogen-bond donors (Lipinski definition) is 2. The van der Waals surface area contributed by atoms with E-state index in [1.807, 2.05) is 13.8 Å². The minimum Gasteiger partial charge on any atom is -0.461 e. The number of esters is 1.